The number of hydrogen-bond donors (Lipinski definition) is 1. The second kappa shape index (κ2) is 5.51. The molecule has 102 valence electrons. The van der Waals surface area contributed by atoms with Crippen LogP contribution in [0.4, 0.5) is 5.13 Å². The molecule has 1 unspecified atom stereocenters. The quantitative estimate of drug-likeness (QED) is 0.859. The molecule has 2 N–H and O–H groups in total. The largest absolute Gasteiger partial charge is 0.374 e. The smallest absolute Gasteiger partial charge is 0.203 e. The molecular formula is C14H19N3S2. The number of aromatic nitrogens is 2. The van der Waals surface area contributed by atoms with E-state index in [0.717, 1.165) is 4.34 Å². The van der Waals surface area contributed by atoms with Gasteiger partial charge in [0.2, 0.25) is 5.13 Å². The van der Waals surface area contributed by atoms with E-state index in [4.69, 9.17) is 5.73 Å². The summed E-state index contributed by atoms with van der Waals surface area (Å²) in [5.41, 5.74) is 8.44. The van der Waals surface area contributed by atoms with Crippen molar-refractivity contribution in [1.82, 2.24) is 10.2 Å². The molecule has 0 aliphatic carbocycles. The lowest BCUT2D eigenvalue weighted by atomic mass is 9.86. The summed E-state index contributed by atoms with van der Waals surface area (Å²) in [5.74, 6) is 0. The minimum Gasteiger partial charge on any atom is -0.374 e. The number of nitrogens with two attached hydrogens (primary N) is 1. The highest BCUT2D eigenvalue weighted by atomic mass is 32.2. The lowest BCUT2D eigenvalue weighted by Crippen LogP contribution is -2.10. The molecule has 1 aromatic carbocycles. The second-order valence-corrected chi connectivity index (χ2v) is 8.14. The van der Waals surface area contributed by atoms with Gasteiger partial charge in [-0.05, 0) is 23.5 Å². The molecule has 1 aromatic heterocycles. The molecule has 0 fully saturated rings. The summed E-state index contributed by atoms with van der Waals surface area (Å²) in [7, 11) is 0. The van der Waals surface area contributed by atoms with Gasteiger partial charge in [0.05, 0.1) is 0 Å². The van der Waals surface area contributed by atoms with Crippen LogP contribution in [0.1, 0.15) is 44.1 Å². The van der Waals surface area contributed by atoms with Gasteiger partial charge in [0.1, 0.15) is 0 Å². The molecule has 0 saturated carbocycles. The van der Waals surface area contributed by atoms with E-state index in [1.165, 1.54) is 22.5 Å². The van der Waals surface area contributed by atoms with Crippen LogP contribution in [0.3, 0.4) is 0 Å². The summed E-state index contributed by atoms with van der Waals surface area (Å²) < 4.78 is 0.921. The summed E-state index contributed by atoms with van der Waals surface area (Å²) in [6, 6.07) is 8.81. The minimum atomic E-state index is 0.197. The minimum absolute atomic E-state index is 0.197. The average molecular weight is 293 g/mol. The molecule has 1 atom stereocenters. The van der Waals surface area contributed by atoms with Crippen molar-refractivity contribution in [2.45, 2.75) is 42.7 Å². The van der Waals surface area contributed by atoms with E-state index >= 15 is 0 Å². The molecule has 0 aliphatic heterocycles. The van der Waals surface area contributed by atoms with Gasteiger partial charge in [-0.3, -0.25) is 0 Å². The first kappa shape index (κ1) is 14.3. The third-order valence-electron chi connectivity index (χ3n) is 2.95. The molecule has 2 aromatic rings. The number of nitrogen functional groups attached to an aromatic ring is 1. The van der Waals surface area contributed by atoms with Gasteiger partial charge >= 0.3 is 0 Å². The zero-order valence-corrected chi connectivity index (χ0v) is 13.3. The Hall–Kier alpha value is -1.07. The Kier molecular flexibility index (Phi) is 4.16. The Labute approximate surface area is 122 Å². The molecule has 1 heterocycles. The zero-order valence-electron chi connectivity index (χ0n) is 11.7. The van der Waals surface area contributed by atoms with Gasteiger partial charge in [-0.15, -0.1) is 10.2 Å². The third kappa shape index (κ3) is 3.70. The van der Waals surface area contributed by atoms with Crippen LogP contribution in [-0.4, -0.2) is 10.2 Å². The normalized spacial score (nSPS) is 13.5. The van der Waals surface area contributed by atoms with Gasteiger partial charge in [0, 0.05) is 5.25 Å². The molecule has 0 radical (unpaired) electrons. The Morgan fingerprint density at radius 2 is 1.79 bits per heavy atom. The summed E-state index contributed by atoms with van der Waals surface area (Å²) in [6.45, 7) is 8.85. The van der Waals surface area contributed by atoms with Crippen molar-refractivity contribution in [2.24, 2.45) is 0 Å². The monoisotopic (exact) mass is 293 g/mol. The van der Waals surface area contributed by atoms with Crippen molar-refractivity contribution >= 4 is 28.2 Å². The first-order valence-electron chi connectivity index (χ1n) is 6.22. The maximum Gasteiger partial charge on any atom is 0.203 e. The fourth-order valence-corrected chi connectivity index (χ4v) is 3.65. The Morgan fingerprint density at radius 1 is 1.16 bits per heavy atom. The molecule has 0 spiro atoms. The van der Waals surface area contributed by atoms with Gasteiger partial charge in [0.25, 0.3) is 0 Å². The van der Waals surface area contributed by atoms with Crippen LogP contribution in [0, 0.1) is 0 Å². The summed E-state index contributed by atoms with van der Waals surface area (Å²) >= 11 is 3.13. The maximum absolute atomic E-state index is 5.59. The van der Waals surface area contributed by atoms with E-state index in [0.29, 0.717) is 10.4 Å². The van der Waals surface area contributed by atoms with Gasteiger partial charge in [0.15, 0.2) is 4.34 Å². The SMILES string of the molecule is CC(Sc1nnc(N)s1)c1ccc(C(C)(C)C)cc1. The third-order valence-corrected chi connectivity index (χ3v) is 4.94. The van der Waals surface area contributed by atoms with E-state index in [2.05, 4.69) is 62.2 Å². The predicted molar refractivity (Wildman–Crippen MR) is 83.7 cm³/mol. The number of anilines is 1. The van der Waals surface area contributed by atoms with E-state index < -0.39 is 0 Å². The van der Waals surface area contributed by atoms with E-state index in [-0.39, 0.29) is 5.41 Å². The lowest BCUT2D eigenvalue weighted by Gasteiger charge is -2.20. The van der Waals surface area contributed by atoms with Gasteiger partial charge < -0.3 is 5.73 Å². The zero-order chi connectivity index (χ0) is 14.0. The van der Waals surface area contributed by atoms with Crippen molar-refractivity contribution in [3.63, 3.8) is 0 Å². The summed E-state index contributed by atoms with van der Waals surface area (Å²) in [5, 5.41) is 8.75. The highest BCUT2D eigenvalue weighted by Crippen LogP contribution is 2.37. The van der Waals surface area contributed by atoms with Crippen LogP contribution in [0.25, 0.3) is 0 Å². The summed E-state index contributed by atoms with van der Waals surface area (Å²) in [6.07, 6.45) is 0. The van der Waals surface area contributed by atoms with Crippen molar-refractivity contribution in [1.29, 1.82) is 0 Å². The van der Waals surface area contributed by atoms with Gasteiger partial charge in [-0.1, -0.05) is 68.1 Å². The van der Waals surface area contributed by atoms with E-state index in [9.17, 15) is 0 Å². The fraction of sp³-hybridized carbons (Fsp3) is 0.429. The summed E-state index contributed by atoms with van der Waals surface area (Å²) in [4.78, 5) is 0. The van der Waals surface area contributed by atoms with Crippen LogP contribution < -0.4 is 5.73 Å². The molecule has 0 saturated heterocycles. The molecular weight excluding hydrogens is 274 g/mol. The van der Waals surface area contributed by atoms with Gasteiger partial charge in [-0.25, -0.2) is 0 Å². The molecule has 0 aliphatic rings. The van der Waals surface area contributed by atoms with Crippen LogP contribution in [0.5, 0.6) is 0 Å². The fourth-order valence-electron chi connectivity index (χ4n) is 1.74. The number of hydrogen-bond acceptors (Lipinski definition) is 5. The number of benzene rings is 1. The molecule has 19 heavy (non-hydrogen) atoms. The predicted octanol–water partition coefficient (Wildman–Crippen LogP) is 4.27. The molecule has 0 amide bonds. The Balaban J connectivity index is 2.09. The first-order chi connectivity index (χ1) is 8.86. The van der Waals surface area contributed by atoms with Crippen LogP contribution in [0.2, 0.25) is 0 Å². The Morgan fingerprint density at radius 3 is 2.26 bits per heavy atom. The maximum atomic E-state index is 5.59. The second-order valence-electron chi connectivity index (χ2n) is 5.54. The van der Waals surface area contributed by atoms with Crippen molar-refractivity contribution in [2.75, 3.05) is 5.73 Å². The Bertz CT molecular complexity index is 541. The molecule has 3 nitrogen and oxygen atoms in total. The van der Waals surface area contributed by atoms with Crippen LogP contribution in [0.15, 0.2) is 28.6 Å². The van der Waals surface area contributed by atoms with Gasteiger partial charge in [-0.2, -0.15) is 0 Å². The standard InChI is InChI=1S/C14H19N3S2/c1-9(18-13-17-16-12(15)19-13)10-5-7-11(8-6-10)14(2,3)4/h5-9H,1-4H3,(H2,15,16). The van der Waals surface area contributed by atoms with Crippen LogP contribution in [-0.2, 0) is 5.41 Å². The highest BCUT2D eigenvalue weighted by molar-refractivity contribution is 8.01. The van der Waals surface area contributed by atoms with E-state index in [1.807, 2.05) is 0 Å². The number of nitrogens with zero attached hydrogens (tertiary/aromatic N) is 2. The molecule has 5 heteroatoms. The van der Waals surface area contributed by atoms with Crippen molar-refractivity contribution in [3.05, 3.63) is 35.4 Å². The van der Waals surface area contributed by atoms with Crippen molar-refractivity contribution in [3.8, 4) is 0 Å². The first-order valence-corrected chi connectivity index (χ1v) is 7.92. The van der Waals surface area contributed by atoms with E-state index in [1.54, 1.807) is 11.8 Å². The average Bonchev–Trinajstić information content (AvgIpc) is 2.74. The number of rotatable bonds is 3. The molecule has 0 bridgehead atoms. The van der Waals surface area contributed by atoms with Crippen LogP contribution >= 0.6 is 23.1 Å². The number of thioether (sulfide) groups is 1. The topological polar surface area (TPSA) is 51.8 Å². The molecule has 2 rings (SSSR count). The lowest BCUT2D eigenvalue weighted by molar-refractivity contribution is 0.590. The highest BCUT2D eigenvalue weighted by Gasteiger charge is 2.15. The van der Waals surface area contributed by atoms with Crippen molar-refractivity contribution < 1.29 is 0 Å².